The summed E-state index contributed by atoms with van der Waals surface area (Å²) in [6.07, 6.45) is -1.97. The average molecular weight is 256 g/mol. The lowest BCUT2D eigenvalue weighted by atomic mass is 10.3. The predicted octanol–water partition coefficient (Wildman–Crippen LogP) is 1.27. The second kappa shape index (κ2) is 4.47. The third-order valence-corrected chi connectivity index (χ3v) is 2.87. The van der Waals surface area contributed by atoms with Crippen LogP contribution in [0.25, 0.3) is 11.0 Å². The van der Waals surface area contributed by atoms with Crippen molar-refractivity contribution in [2.75, 3.05) is 0 Å². The van der Waals surface area contributed by atoms with Crippen LogP contribution in [0.4, 0.5) is 8.78 Å². The Morgan fingerprint density at radius 2 is 2.06 bits per heavy atom. The third-order valence-electron chi connectivity index (χ3n) is 2.87. The van der Waals surface area contributed by atoms with Crippen LogP contribution in [0.15, 0.2) is 4.79 Å². The van der Waals surface area contributed by atoms with Crippen LogP contribution in [0.2, 0.25) is 0 Å². The average Bonchev–Trinajstić information content (AvgIpc) is 2.59. The Morgan fingerprint density at radius 3 is 2.61 bits per heavy atom. The van der Waals surface area contributed by atoms with Crippen molar-refractivity contribution < 1.29 is 8.78 Å². The van der Waals surface area contributed by atoms with Crippen LogP contribution >= 0.6 is 0 Å². The lowest BCUT2D eigenvalue weighted by Crippen LogP contribution is -2.22. The van der Waals surface area contributed by atoms with Gasteiger partial charge in [0.25, 0.3) is 12.0 Å². The quantitative estimate of drug-likeness (QED) is 0.831. The summed E-state index contributed by atoms with van der Waals surface area (Å²) in [6, 6.07) is 0. The second-order valence-corrected chi connectivity index (χ2v) is 4.10. The van der Waals surface area contributed by atoms with Crippen molar-refractivity contribution in [1.29, 1.82) is 0 Å². The summed E-state index contributed by atoms with van der Waals surface area (Å²) >= 11 is 0. The number of halogens is 2. The highest BCUT2D eigenvalue weighted by atomic mass is 19.3. The van der Waals surface area contributed by atoms with Crippen LogP contribution in [0.1, 0.15) is 18.4 Å². The molecule has 0 fully saturated rings. The number of rotatable bonds is 3. The topological polar surface area (TPSA) is 52.7 Å². The van der Waals surface area contributed by atoms with E-state index in [0.717, 1.165) is 4.68 Å². The van der Waals surface area contributed by atoms with Gasteiger partial charge in [0.2, 0.25) is 0 Å². The maximum Gasteiger partial charge on any atom is 0.264 e. The van der Waals surface area contributed by atoms with E-state index < -0.39 is 13.0 Å². The first-order chi connectivity index (χ1) is 8.45. The summed E-state index contributed by atoms with van der Waals surface area (Å²) in [5.41, 5.74) is 0.434. The maximum atomic E-state index is 12.4. The van der Waals surface area contributed by atoms with Gasteiger partial charge < -0.3 is 0 Å². The zero-order valence-corrected chi connectivity index (χ0v) is 10.4. The van der Waals surface area contributed by atoms with E-state index in [4.69, 9.17) is 0 Å². The first kappa shape index (κ1) is 12.7. The van der Waals surface area contributed by atoms with Crippen LogP contribution in [0.3, 0.4) is 0 Å². The second-order valence-electron chi connectivity index (χ2n) is 4.10. The van der Waals surface area contributed by atoms with Crippen LogP contribution in [-0.2, 0) is 20.0 Å². The molecule has 0 saturated heterocycles. The molecule has 5 nitrogen and oxygen atoms in total. The van der Waals surface area contributed by atoms with E-state index in [1.54, 1.807) is 14.0 Å². The van der Waals surface area contributed by atoms with Gasteiger partial charge in [0, 0.05) is 13.5 Å². The SMILES string of the molecule is CCc1nc2c(c(C)nn2CC(F)F)c(=O)n1C. The molecule has 0 aromatic carbocycles. The minimum Gasteiger partial charge on any atom is -0.299 e. The number of alkyl halides is 2. The number of fused-ring (bicyclic) bond motifs is 1. The molecular formula is C11H14F2N4O. The Balaban J connectivity index is 2.78. The monoisotopic (exact) mass is 256 g/mol. The molecule has 0 saturated carbocycles. The number of aromatic nitrogens is 4. The van der Waals surface area contributed by atoms with Gasteiger partial charge >= 0.3 is 0 Å². The van der Waals surface area contributed by atoms with Crippen LogP contribution in [0.5, 0.6) is 0 Å². The van der Waals surface area contributed by atoms with Gasteiger partial charge in [0.15, 0.2) is 5.65 Å². The Bertz CT molecular complexity index is 645. The molecule has 0 aliphatic rings. The molecule has 2 rings (SSSR count). The van der Waals surface area contributed by atoms with Gasteiger partial charge in [-0.25, -0.2) is 18.4 Å². The van der Waals surface area contributed by atoms with Gasteiger partial charge in [-0.3, -0.25) is 9.36 Å². The number of hydrogen-bond acceptors (Lipinski definition) is 3. The van der Waals surface area contributed by atoms with Crippen LogP contribution in [0, 0.1) is 6.92 Å². The molecule has 0 aliphatic carbocycles. The van der Waals surface area contributed by atoms with Crippen molar-refractivity contribution in [3.05, 3.63) is 21.9 Å². The number of aryl methyl sites for hydroxylation is 2. The molecule has 2 aromatic rings. The molecule has 2 aromatic heterocycles. The molecule has 0 amide bonds. The first-order valence-corrected chi connectivity index (χ1v) is 5.66. The molecule has 0 radical (unpaired) electrons. The lowest BCUT2D eigenvalue weighted by Gasteiger charge is -2.06. The smallest absolute Gasteiger partial charge is 0.264 e. The lowest BCUT2D eigenvalue weighted by molar-refractivity contribution is 0.123. The molecule has 2 heterocycles. The Kier molecular flexibility index (Phi) is 3.14. The highest BCUT2D eigenvalue weighted by Gasteiger charge is 2.17. The van der Waals surface area contributed by atoms with Crippen molar-refractivity contribution in [1.82, 2.24) is 19.3 Å². The maximum absolute atomic E-state index is 12.4. The molecule has 18 heavy (non-hydrogen) atoms. The fourth-order valence-corrected chi connectivity index (χ4v) is 1.99. The van der Waals surface area contributed by atoms with E-state index in [1.807, 2.05) is 6.92 Å². The van der Waals surface area contributed by atoms with E-state index in [9.17, 15) is 13.6 Å². The molecule has 98 valence electrons. The molecule has 7 heteroatoms. The van der Waals surface area contributed by atoms with Gasteiger partial charge in [-0.15, -0.1) is 0 Å². The third kappa shape index (κ3) is 1.89. The van der Waals surface area contributed by atoms with Crippen molar-refractivity contribution in [3.63, 3.8) is 0 Å². The minimum absolute atomic E-state index is 0.241. The highest BCUT2D eigenvalue weighted by molar-refractivity contribution is 5.77. The highest BCUT2D eigenvalue weighted by Crippen LogP contribution is 2.14. The molecule has 0 aliphatic heterocycles. The molecular weight excluding hydrogens is 242 g/mol. The van der Waals surface area contributed by atoms with Gasteiger partial charge in [-0.05, 0) is 6.92 Å². The van der Waals surface area contributed by atoms with Gasteiger partial charge in [0.05, 0.1) is 5.69 Å². The summed E-state index contributed by atoms with van der Waals surface area (Å²) in [4.78, 5) is 16.4. The van der Waals surface area contributed by atoms with Crippen LogP contribution < -0.4 is 5.56 Å². The summed E-state index contributed by atoms with van der Waals surface area (Å²) in [5, 5.41) is 4.28. The molecule has 0 bridgehead atoms. The standard InChI is InChI=1S/C11H14F2N4O/c1-4-8-14-10-9(11(18)16(8)3)6(2)15-17(10)5-7(12)13/h7H,4-5H2,1-3H3. The van der Waals surface area contributed by atoms with E-state index in [-0.39, 0.29) is 11.2 Å². The molecule has 0 atom stereocenters. The first-order valence-electron chi connectivity index (χ1n) is 5.66. The summed E-state index contributed by atoms with van der Waals surface area (Å²) in [6.45, 7) is 2.93. The van der Waals surface area contributed by atoms with E-state index in [2.05, 4.69) is 10.1 Å². The summed E-state index contributed by atoms with van der Waals surface area (Å²) in [7, 11) is 1.62. The fraction of sp³-hybridized carbons (Fsp3) is 0.545. The Labute approximate surface area is 102 Å². The predicted molar refractivity (Wildman–Crippen MR) is 62.9 cm³/mol. The largest absolute Gasteiger partial charge is 0.299 e. The fourth-order valence-electron chi connectivity index (χ4n) is 1.99. The Hall–Kier alpha value is -1.79. The normalized spacial score (nSPS) is 11.7. The molecule has 0 N–H and O–H groups in total. The summed E-state index contributed by atoms with van der Waals surface area (Å²) < 4.78 is 27.4. The Morgan fingerprint density at radius 1 is 1.39 bits per heavy atom. The molecule has 0 unspecified atom stereocenters. The number of hydrogen-bond donors (Lipinski definition) is 0. The van der Waals surface area contributed by atoms with Crippen molar-refractivity contribution in [3.8, 4) is 0 Å². The van der Waals surface area contributed by atoms with Gasteiger partial charge in [-0.2, -0.15) is 5.10 Å². The minimum atomic E-state index is -2.52. The number of nitrogens with zero attached hydrogens (tertiary/aromatic N) is 4. The van der Waals surface area contributed by atoms with Gasteiger partial charge in [-0.1, -0.05) is 6.92 Å². The van der Waals surface area contributed by atoms with E-state index >= 15 is 0 Å². The van der Waals surface area contributed by atoms with E-state index in [1.165, 1.54) is 4.57 Å². The van der Waals surface area contributed by atoms with Gasteiger partial charge in [0.1, 0.15) is 17.8 Å². The zero-order valence-electron chi connectivity index (χ0n) is 10.4. The van der Waals surface area contributed by atoms with Crippen molar-refractivity contribution in [2.45, 2.75) is 33.2 Å². The van der Waals surface area contributed by atoms with Crippen molar-refractivity contribution >= 4 is 11.0 Å². The van der Waals surface area contributed by atoms with Crippen LogP contribution in [-0.4, -0.2) is 25.8 Å². The molecule has 0 spiro atoms. The summed E-state index contributed by atoms with van der Waals surface area (Å²) in [5.74, 6) is 0.558. The van der Waals surface area contributed by atoms with Crippen molar-refractivity contribution in [2.24, 2.45) is 7.05 Å². The zero-order chi connectivity index (χ0) is 13.4. The van der Waals surface area contributed by atoms with E-state index in [0.29, 0.717) is 23.3 Å².